The third-order valence-corrected chi connectivity index (χ3v) is 7.39. The van der Waals surface area contributed by atoms with Crippen LogP contribution in [0.5, 0.6) is 5.75 Å². The number of hydrogen-bond acceptors (Lipinski definition) is 6. The normalized spacial score (nSPS) is 15.1. The summed E-state index contributed by atoms with van der Waals surface area (Å²) in [4.78, 5) is 24.0. The smallest absolute Gasteiger partial charge is 0.273 e. The molecule has 0 radical (unpaired) electrons. The molecule has 0 spiro atoms. The Labute approximate surface area is 182 Å². The summed E-state index contributed by atoms with van der Waals surface area (Å²) in [7, 11) is -3.85. The van der Waals surface area contributed by atoms with Crippen LogP contribution in [0.15, 0.2) is 47.4 Å². The lowest BCUT2D eigenvalue weighted by Gasteiger charge is -2.34. The number of benzene rings is 2. The zero-order valence-corrected chi connectivity index (χ0v) is 17.9. The van der Waals surface area contributed by atoms with Gasteiger partial charge in [0.2, 0.25) is 10.0 Å². The Kier molecular flexibility index (Phi) is 6.81. The van der Waals surface area contributed by atoms with Crippen molar-refractivity contribution in [2.75, 3.05) is 32.8 Å². The zero-order chi connectivity index (χ0) is 21.9. The van der Waals surface area contributed by atoms with Gasteiger partial charge >= 0.3 is 0 Å². The fraction of sp³-hybridized carbons (Fsp3) is 0.278. The molecule has 1 aliphatic heterocycles. The molecule has 2 aromatic rings. The maximum absolute atomic E-state index is 12.8. The number of carbonyl (C=O) groups excluding carboxylic acids is 1. The van der Waals surface area contributed by atoms with E-state index in [2.05, 4.69) is 0 Å². The molecule has 2 aromatic carbocycles. The fourth-order valence-corrected chi connectivity index (χ4v) is 5.08. The molecule has 1 aliphatic rings. The van der Waals surface area contributed by atoms with Gasteiger partial charge in [0, 0.05) is 32.2 Å². The van der Waals surface area contributed by atoms with Crippen LogP contribution in [0.25, 0.3) is 0 Å². The first-order chi connectivity index (χ1) is 14.2. The van der Waals surface area contributed by atoms with Gasteiger partial charge in [0.25, 0.3) is 11.6 Å². The van der Waals surface area contributed by atoms with Crippen molar-refractivity contribution in [2.24, 2.45) is 0 Å². The lowest BCUT2D eigenvalue weighted by molar-refractivity contribution is -0.384. The lowest BCUT2D eigenvalue weighted by Crippen LogP contribution is -2.51. The standard InChI is InChI=1S/C18H17Cl2N3O6S/c19-15-5-2-6-16(18(15)20)30(27,28)22-9-7-21(8-10-22)17(24)12-29-14-4-1-3-13(11-14)23(25)26/h1-6,11H,7-10,12H2. The number of sulfonamides is 1. The van der Waals surface area contributed by atoms with E-state index in [-0.39, 0.29) is 65.1 Å². The molecule has 0 bridgehead atoms. The van der Waals surface area contributed by atoms with E-state index < -0.39 is 14.9 Å². The van der Waals surface area contributed by atoms with Crippen molar-refractivity contribution in [1.82, 2.24) is 9.21 Å². The maximum Gasteiger partial charge on any atom is 0.273 e. The van der Waals surface area contributed by atoms with Crippen molar-refractivity contribution < 1.29 is 22.9 Å². The van der Waals surface area contributed by atoms with E-state index in [0.29, 0.717) is 0 Å². The van der Waals surface area contributed by atoms with Crippen LogP contribution in [0.2, 0.25) is 10.0 Å². The Morgan fingerprint density at radius 2 is 1.77 bits per heavy atom. The largest absolute Gasteiger partial charge is 0.484 e. The number of halogens is 2. The number of nitro benzene ring substituents is 1. The third-order valence-electron chi connectivity index (χ3n) is 4.52. The molecule has 12 heteroatoms. The van der Waals surface area contributed by atoms with E-state index in [4.69, 9.17) is 27.9 Å². The molecule has 0 N–H and O–H groups in total. The van der Waals surface area contributed by atoms with Gasteiger partial charge in [-0.05, 0) is 18.2 Å². The fourth-order valence-electron chi connectivity index (χ4n) is 2.92. The summed E-state index contributed by atoms with van der Waals surface area (Å²) in [6.07, 6.45) is 0. The topological polar surface area (TPSA) is 110 Å². The zero-order valence-electron chi connectivity index (χ0n) is 15.5. The number of carbonyl (C=O) groups is 1. The summed E-state index contributed by atoms with van der Waals surface area (Å²) in [6, 6.07) is 9.91. The van der Waals surface area contributed by atoms with E-state index in [0.717, 1.165) is 0 Å². The highest BCUT2D eigenvalue weighted by Gasteiger charge is 2.32. The summed E-state index contributed by atoms with van der Waals surface area (Å²) in [5, 5.41) is 10.9. The summed E-state index contributed by atoms with van der Waals surface area (Å²) in [5.41, 5.74) is -0.140. The molecule has 0 unspecified atom stereocenters. The summed E-state index contributed by atoms with van der Waals surface area (Å²) >= 11 is 12.0. The minimum absolute atomic E-state index is 0.0389. The van der Waals surface area contributed by atoms with Gasteiger partial charge in [-0.2, -0.15) is 4.31 Å². The van der Waals surface area contributed by atoms with Gasteiger partial charge in [0.15, 0.2) is 6.61 Å². The highest BCUT2D eigenvalue weighted by atomic mass is 35.5. The van der Waals surface area contributed by atoms with Crippen LogP contribution >= 0.6 is 23.2 Å². The highest BCUT2D eigenvalue weighted by Crippen LogP contribution is 2.31. The van der Waals surface area contributed by atoms with Crippen molar-refractivity contribution in [1.29, 1.82) is 0 Å². The molecular formula is C18H17Cl2N3O6S. The molecule has 30 heavy (non-hydrogen) atoms. The molecule has 1 saturated heterocycles. The summed E-state index contributed by atoms with van der Waals surface area (Å²) in [5.74, 6) is -0.145. The Balaban J connectivity index is 1.58. The van der Waals surface area contributed by atoms with Gasteiger partial charge in [-0.25, -0.2) is 8.42 Å². The average Bonchev–Trinajstić information content (AvgIpc) is 2.74. The van der Waals surface area contributed by atoms with Crippen molar-refractivity contribution >= 4 is 44.8 Å². The number of non-ortho nitro benzene ring substituents is 1. The number of rotatable bonds is 6. The average molecular weight is 474 g/mol. The SMILES string of the molecule is O=C(COc1cccc([N+](=O)[O-])c1)N1CCN(S(=O)(=O)c2cccc(Cl)c2Cl)CC1. The molecule has 160 valence electrons. The first kappa shape index (κ1) is 22.3. The quantitative estimate of drug-likeness (QED) is 0.471. The van der Waals surface area contributed by atoms with E-state index in [1.54, 1.807) is 0 Å². The van der Waals surface area contributed by atoms with Crippen LogP contribution in [0, 0.1) is 10.1 Å². The van der Waals surface area contributed by atoms with Gasteiger partial charge in [-0.15, -0.1) is 0 Å². The molecule has 3 rings (SSSR count). The van der Waals surface area contributed by atoms with Crippen LogP contribution < -0.4 is 4.74 Å². The summed E-state index contributed by atoms with van der Waals surface area (Å²) < 4.78 is 32.3. The molecule has 0 saturated carbocycles. The maximum atomic E-state index is 12.8. The van der Waals surface area contributed by atoms with Gasteiger partial charge in [0.05, 0.1) is 21.0 Å². The Hall–Kier alpha value is -2.40. The Morgan fingerprint density at radius 1 is 1.10 bits per heavy atom. The minimum Gasteiger partial charge on any atom is -0.484 e. The molecule has 0 aliphatic carbocycles. The molecular weight excluding hydrogens is 457 g/mol. The predicted molar refractivity (Wildman–Crippen MR) is 110 cm³/mol. The number of nitrogens with zero attached hydrogens (tertiary/aromatic N) is 3. The predicted octanol–water partition coefficient (Wildman–Crippen LogP) is 2.81. The van der Waals surface area contributed by atoms with E-state index in [1.165, 1.54) is 51.7 Å². The van der Waals surface area contributed by atoms with E-state index in [1.807, 2.05) is 0 Å². The van der Waals surface area contributed by atoms with Crippen LogP contribution in [0.4, 0.5) is 5.69 Å². The first-order valence-corrected chi connectivity index (χ1v) is 11.0. The monoisotopic (exact) mass is 473 g/mol. The number of hydrogen-bond donors (Lipinski definition) is 0. The van der Waals surface area contributed by atoms with Gasteiger partial charge < -0.3 is 9.64 Å². The number of amides is 1. The van der Waals surface area contributed by atoms with Crippen LogP contribution in [-0.4, -0.2) is 61.2 Å². The van der Waals surface area contributed by atoms with Crippen molar-refractivity contribution in [3.05, 3.63) is 62.6 Å². The second-order valence-corrected chi connectivity index (χ2v) is 9.07. The lowest BCUT2D eigenvalue weighted by atomic mass is 10.3. The van der Waals surface area contributed by atoms with E-state index in [9.17, 15) is 23.3 Å². The number of nitro groups is 1. The molecule has 1 fully saturated rings. The second kappa shape index (κ2) is 9.17. The molecule has 1 heterocycles. The van der Waals surface area contributed by atoms with Crippen LogP contribution in [0.1, 0.15) is 0 Å². The van der Waals surface area contributed by atoms with Crippen molar-refractivity contribution in [3.8, 4) is 5.75 Å². The molecule has 1 amide bonds. The van der Waals surface area contributed by atoms with Crippen molar-refractivity contribution in [2.45, 2.75) is 4.90 Å². The van der Waals surface area contributed by atoms with Gasteiger partial charge in [-0.3, -0.25) is 14.9 Å². The Bertz CT molecular complexity index is 1070. The van der Waals surface area contributed by atoms with Gasteiger partial charge in [0.1, 0.15) is 10.6 Å². The first-order valence-electron chi connectivity index (χ1n) is 8.79. The Morgan fingerprint density at radius 3 is 2.43 bits per heavy atom. The third kappa shape index (κ3) is 4.84. The molecule has 9 nitrogen and oxygen atoms in total. The summed E-state index contributed by atoms with van der Waals surface area (Å²) in [6.45, 7) is 0.221. The number of piperazine rings is 1. The van der Waals surface area contributed by atoms with E-state index >= 15 is 0 Å². The highest BCUT2D eigenvalue weighted by molar-refractivity contribution is 7.89. The van der Waals surface area contributed by atoms with Crippen molar-refractivity contribution in [3.63, 3.8) is 0 Å². The molecule has 0 aromatic heterocycles. The minimum atomic E-state index is -3.85. The van der Waals surface area contributed by atoms with Gasteiger partial charge in [-0.1, -0.05) is 35.3 Å². The van der Waals surface area contributed by atoms with Crippen LogP contribution in [0.3, 0.4) is 0 Å². The second-order valence-electron chi connectivity index (χ2n) is 6.38. The molecule has 0 atom stereocenters. The number of ether oxygens (including phenoxy) is 1. The van der Waals surface area contributed by atoms with Crippen LogP contribution in [-0.2, 0) is 14.8 Å².